The van der Waals surface area contributed by atoms with Crippen LogP contribution in [-0.4, -0.2) is 29.3 Å². The highest BCUT2D eigenvalue weighted by Gasteiger charge is 2.17. The predicted octanol–water partition coefficient (Wildman–Crippen LogP) is 2.69. The van der Waals surface area contributed by atoms with Crippen LogP contribution >= 0.6 is 0 Å². The van der Waals surface area contributed by atoms with Crippen molar-refractivity contribution < 1.29 is 23.9 Å². The fourth-order valence-electron chi connectivity index (χ4n) is 1.88. The van der Waals surface area contributed by atoms with Gasteiger partial charge in [0.2, 0.25) is 0 Å². The van der Waals surface area contributed by atoms with Gasteiger partial charge in [-0.3, -0.25) is 10.1 Å². The third-order valence-electron chi connectivity index (χ3n) is 2.97. The second-order valence-corrected chi connectivity index (χ2v) is 4.83. The molecule has 1 unspecified atom stereocenters. The molecule has 0 saturated heterocycles. The van der Waals surface area contributed by atoms with Gasteiger partial charge in [0.05, 0.1) is 24.2 Å². The van der Waals surface area contributed by atoms with E-state index in [1.54, 1.807) is 0 Å². The zero-order valence-electron chi connectivity index (χ0n) is 12.2. The molecule has 0 saturated carbocycles. The molecule has 0 radical (unpaired) electrons. The molecule has 0 heterocycles. The predicted molar refractivity (Wildman–Crippen MR) is 80.7 cm³/mol. The second-order valence-electron chi connectivity index (χ2n) is 4.83. The van der Waals surface area contributed by atoms with Gasteiger partial charge in [-0.25, -0.2) is 4.39 Å². The molecule has 0 aliphatic heterocycles. The Morgan fingerprint density at radius 3 is 2.61 bits per heavy atom. The first-order valence-electron chi connectivity index (χ1n) is 6.92. The van der Waals surface area contributed by atoms with Crippen molar-refractivity contribution in [2.24, 2.45) is 0 Å². The Morgan fingerprint density at radius 1 is 1.17 bits per heavy atom. The summed E-state index contributed by atoms with van der Waals surface area (Å²) in [5, 5.41) is 20.6. The van der Waals surface area contributed by atoms with Gasteiger partial charge in [0.15, 0.2) is 5.75 Å². The van der Waals surface area contributed by atoms with Crippen LogP contribution in [0.5, 0.6) is 5.75 Å². The average molecular weight is 321 g/mol. The van der Waals surface area contributed by atoms with Crippen LogP contribution in [0.2, 0.25) is 0 Å². The molecule has 7 heteroatoms. The molecule has 122 valence electrons. The Balaban J connectivity index is 1.80. The lowest BCUT2D eigenvalue weighted by Crippen LogP contribution is -2.23. The molecular formula is C16H16FNO5. The second kappa shape index (κ2) is 8.21. The van der Waals surface area contributed by atoms with Gasteiger partial charge in [-0.2, -0.15) is 0 Å². The van der Waals surface area contributed by atoms with E-state index in [0.29, 0.717) is 6.61 Å². The highest BCUT2D eigenvalue weighted by Crippen LogP contribution is 2.27. The first kappa shape index (κ1) is 16.9. The van der Waals surface area contributed by atoms with Gasteiger partial charge in [0, 0.05) is 0 Å². The normalized spacial score (nSPS) is 11.9. The van der Waals surface area contributed by atoms with E-state index in [9.17, 15) is 19.6 Å². The molecule has 0 spiro atoms. The monoisotopic (exact) mass is 321 g/mol. The van der Waals surface area contributed by atoms with Crippen molar-refractivity contribution in [3.05, 3.63) is 70.0 Å². The van der Waals surface area contributed by atoms with Crippen LogP contribution in [0.3, 0.4) is 0 Å². The molecule has 0 bridgehead atoms. The molecule has 0 amide bonds. The lowest BCUT2D eigenvalue weighted by atomic mass is 10.2. The van der Waals surface area contributed by atoms with Gasteiger partial charge >= 0.3 is 5.69 Å². The molecule has 0 aromatic heterocycles. The minimum atomic E-state index is -0.955. The molecule has 2 rings (SSSR count). The van der Waals surface area contributed by atoms with Crippen LogP contribution < -0.4 is 4.74 Å². The van der Waals surface area contributed by atoms with Gasteiger partial charge in [-0.05, 0) is 17.7 Å². The van der Waals surface area contributed by atoms with E-state index >= 15 is 0 Å². The van der Waals surface area contributed by atoms with E-state index in [4.69, 9.17) is 9.47 Å². The van der Waals surface area contributed by atoms with E-state index < -0.39 is 22.5 Å². The van der Waals surface area contributed by atoms with Gasteiger partial charge in [0.25, 0.3) is 0 Å². The fraction of sp³-hybridized carbons (Fsp3) is 0.250. The molecular weight excluding hydrogens is 305 g/mol. The molecule has 6 nitrogen and oxygen atoms in total. The number of nitrogens with zero attached hydrogens (tertiary/aromatic N) is 1. The van der Waals surface area contributed by atoms with Crippen LogP contribution in [0.1, 0.15) is 5.56 Å². The smallest absolute Gasteiger partial charge is 0.313 e. The van der Waals surface area contributed by atoms with Crippen LogP contribution in [0, 0.1) is 15.9 Å². The maximum absolute atomic E-state index is 13.0. The Kier molecular flexibility index (Phi) is 6.02. The minimum absolute atomic E-state index is 0.0177. The quantitative estimate of drug-likeness (QED) is 0.597. The summed E-state index contributed by atoms with van der Waals surface area (Å²) < 4.78 is 23.5. The van der Waals surface area contributed by atoms with Crippen LogP contribution in [-0.2, 0) is 11.3 Å². The number of aliphatic hydroxyl groups excluding tert-OH is 1. The number of hydrogen-bond donors (Lipinski definition) is 1. The minimum Gasteiger partial charge on any atom is -0.484 e. The number of nitro groups is 1. The van der Waals surface area contributed by atoms with Gasteiger partial charge < -0.3 is 14.6 Å². The number of benzene rings is 2. The zero-order chi connectivity index (χ0) is 16.7. The van der Waals surface area contributed by atoms with Crippen molar-refractivity contribution in [1.82, 2.24) is 0 Å². The SMILES string of the molecule is O=[N+]([O-])c1cc(F)ccc1OCC(O)COCc1ccccc1. The number of ether oxygens (including phenoxy) is 2. The van der Waals surface area contributed by atoms with Gasteiger partial charge in [-0.1, -0.05) is 30.3 Å². The summed E-state index contributed by atoms with van der Waals surface area (Å²) in [6.45, 7) is 0.166. The maximum Gasteiger partial charge on any atom is 0.313 e. The summed E-state index contributed by atoms with van der Waals surface area (Å²) in [7, 11) is 0. The van der Waals surface area contributed by atoms with Crippen LogP contribution in [0.15, 0.2) is 48.5 Å². The van der Waals surface area contributed by atoms with E-state index in [1.807, 2.05) is 30.3 Å². The maximum atomic E-state index is 13.0. The number of aliphatic hydroxyl groups is 1. The number of nitro benzene ring substituents is 1. The Hall–Kier alpha value is -2.51. The third-order valence-corrected chi connectivity index (χ3v) is 2.97. The zero-order valence-corrected chi connectivity index (χ0v) is 12.2. The topological polar surface area (TPSA) is 81.8 Å². The average Bonchev–Trinajstić information content (AvgIpc) is 2.54. The lowest BCUT2D eigenvalue weighted by Gasteiger charge is -2.13. The van der Waals surface area contributed by atoms with E-state index in [1.165, 1.54) is 0 Å². The molecule has 2 aromatic rings. The van der Waals surface area contributed by atoms with Crippen molar-refractivity contribution in [3.63, 3.8) is 0 Å². The molecule has 0 fully saturated rings. The van der Waals surface area contributed by atoms with Crippen molar-refractivity contribution in [1.29, 1.82) is 0 Å². The summed E-state index contributed by atoms with van der Waals surface area (Å²) in [6, 6.07) is 12.4. The summed E-state index contributed by atoms with van der Waals surface area (Å²) in [5.74, 6) is -0.825. The molecule has 2 aromatic carbocycles. The number of rotatable bonds is 8. The summed E-state index contributed by atoms with van der Waals surface area (Å²) in [5.41, 5.74) is 0.484. The Bertz CT molecular complexity index is 650. The number of hydrogen-bond acceptors (Lipinski definition) is 5. The highest BCUT2D eigenvalue weighted by atomic mass is 19.1. The Morgan fingerprint density at radius 2 is 1.91 bits per heavy atom. The molecule has 0 aliphatic rings. The van der Waals surface area contributed by atoms with E-state index in [0.717, 1.165) is 23.8 Å². The van der Waals surface area contributed by atoms with E-state index in [2.05, 4.69) is 0 Å². The fourth-order valence-corrected chi connectivity index (χ4v) is 1.88. The van der Waals surface area contributed by atoms with Crippen molar-refractivity contribution in [3.8, 4) is 5.75 Å². The number of halogens is 1. The van der Waals surface area contributed by atoms with Gasteiger partial charge in [-0.15, -0.1) is 0 Å². The molecule has 1 atom stereocenters. The summed E-state index contributed by atoms with van der Waals surface area (Å²) >= 11 is 0. The highest BCUT2D eigenvalue weighted by molar-refractivity contribution is 5.46. The summed E-state index contributed by atoms with van der Waals surface area (Å²) in [4.78, 5) is 10.1. The van der Waals surface area contributed by atoms with Crippen molar-refractivity contribution in [2.75, 3.05) is 13.2 Å². The molecule has 23 heavy (non-hydrogen) atoms. The van der Waals surface area contributed by atoms with Crippen LogP contribution in [0.25, 0.3) is 0 Å². The first-order chi connectivity index (χ1) is 11.1. The summed E-state index contributed by atoms with van der Waals surface area (Å²) in [6.07, 6.45) is -0.955. The van der Waals surface area contributed by atoms with Crippen molar-refractivity contribution >= 4 is 5.69 Å². The van der Waals surface area contributed by atoms with Crippen LogP contribution in [0.4, 0.5) is 10.1 Å². The Labute approximate surface area is 132 Å². The lowest BCUT2D eigenvalue weighted by molar-refractivity contribution is -0.386. The van der Waals surface area contributed by atoms with Gasteiger partial charge in [0.1, 0.15) is 18.5 Å². The third kappa shape index (κ3) is 5.32. The molecule has 1 N–H and O–H groups in total. The van der Waals surface area contributed by atoms with E-state index in [-0.39, 0.29) is 19.0 Å². The largest absolute Gasteiger partial charge is 0.484 e. The molecule has 0 aliphatic carbocycles. The first-order valence-corrected chi connectivity index (χ1v) is 6.92. The van der Waals surface area contributed by atoms with Crippen molar-refractivity contribution in [2.45, 2.75) is 12.7 Å². The standard InChI is InChI=1S/C16H16FNO5/c17-13-6-7-16(15(8-13)18(20)21)23-11-14(19)10-22-9-12-4-2-1-3-5-12/h1-8,14,19H,9-11H2.